The summed E-state index contributed by atoms with van der Waals surface area (Å²) in [5.41, 5.74) is 2.66. The summed E-state index contributed by atoms with van der Waals surface area (Å²) in [5.74, 6) is -0.282. The van der Waals surface area contributed by atoms with Crippen LogP contribution in [0.15, 0.2) is 65.6 Å². The lowest BCUT2D eigenvalue weighted by atomic mass is 10.1. The number of benzene rings is 2. The zero-order valence-corrected chi connectivity index (χ0v) is 15.2. The molecule has 0 unspecified atom stereocenters. The molecule has 0 amide bonds. The molecule has 0 atom stereocenters. The predicted octanol–water partition coefficient (Wildman–Crippen LogP) is 4.29. The Morgan fingerprint density at radius 2 is 1.52 bits per heavy atom. The second-order valence-corrected chi connectivity index (χ2v) is 8.27. The van der Waals surface area contributed by atoms with E-state index in [1.165, 1.54) is 18.4 Å². The Morgan fingerprint density at radius 3 is 2.09 bits per heavy atom. The Labute approximate surface area is 147 Å². The van der Waals surface area contributed by atoms with Crippen molar-refractivity contribution in [1.29, 1.82) is 0 Å². The van der Waals surface area contributed by atoms with E-state index in [1.54, 1.807) is 36.4 Å². The third-order valence-electron chi connectivity index (χ3n) is 3.50. The lowest BCUT2D eigenvalue weighted by Crippen LogP contribution is -2.00. The molecule has 3 rings (SSSR count). The van der Waals surface area contributed by atoms with Gasteiger partial charge in [-0.2, -0.15) is 0 Å². The minimum atomic E-state index is -3.21. The highest BCUT2D eigenvalue weighted by atomic mass is 127. The molecule has 23 heavy (non-hydrogen) atoms. The second-order valence-electron chi connectivity index (χ2n) is 5.15. The zero-order chi connectivity index (χ0) is 16.6. The van der Waals surface area contributed by atoms with Gasteiger partial charge >= 0.3 is 0 Å². The molecule has 1 aromatic heterocycles. The normalized spacial score (nSPS) is 11.6. The van der Waals surface area contributed by atoms with Crippen LogP contribution in [0.2, 0.25) is 0 Å². The maximum absolute atomic E-state index is 13.1. The van der Waals surface area contributed by atoms with Gasteiger partial charge in [-0.25, -0.2) is 12.8 Å². The summed E-state index contributed by atoms with van der Waals surface area (Å²) in [6.45, 7) is 0. The van der Waals surface area contributed by atoms with Crippen LogP contribution < -0.4 is 0 Å². The fourth-order valence-corrected chi connectivity index (χ4v) is 3.71. The molecule has 6 heteroatoms. The summed E-state index contributed by atoms with van der Waals surface area (Å²) in [7, 11) is -3.21. The summed E-state index contributed by atoms with van der Waals surface area (Å²) >= 11 is 2.21. The lowest BCUT2D eigenvalue weighted by Gasteiger charge is -2.11. The summed E-state index contributed by atoms with van der Waals surface area (Å²) < 4.78 is 39.2. The molecule has 0 aliphatic rings. The van der Waals surface area contributed by atoms with E-state index in [1.807, 2.05) is 16.7 Å². The maximum Gasteiger partial charge on any atom is 0.175 e. The first-order chi connectivity index (χ1) is 10.9. The number of halogens is 2. The highest BCUT2D eigenvalue weighted by Gasteiger charge is 2.12. The van der Waals surface area contributed by atoms with Crippen molar-refractivity contribution in [2.75, 3.05) is 6.26 Å². The van der Waals surface area contributed by atoms with Crippen molar-refractivity contribution in [1.82, 2.24) is 4.57 Å². The van der Waals surface area contributed by atoms with Gasteiger partial charge in [0.1, 0.15) is 5.82 Å². The van der Waals surface area contributed by atoms with Gasteiger partial charge in [-0.3, -0.25) is 0 Å². The van der Waals surface area contributed by atoms with Gasteiger partial charge in [0.25, 0.3) is 0 Å². The smallest absolute Gasteiger partial charge is 0.175 e. The van der Waals surface area contributed by atoms with Crippen LogP contribution in [0, 0.1) is 9.52 Å². The Kier molecular flexibility index (Phi) is 4.29. The molecule has 0 spiro atoms. The first-order valence-electron chi connectivity index (χ1n) is 6.80. The van der Waals surface area contributed by atoms with Crippen LogP contribution in [0.4, 0.5) is 4.39 Å². The molecular formula is C17H13FINO2S. The molecular weight excluding hydrogens is 428 g/mol. The van der Waals surface area contributed by atoms with E-state index in [4.69, 9.17) is 0 Å². The summed E-state index contributed by atoms with van der Waals surface area (Å²) in [5, 5.41) is 0. The van der Waals surface area contributed by atoms with Crippen LogP contribution in [-0.4, -0.2) is 19.2 Å². The van der Waals surface area contributed by atoms with Gasteiger partial charge in [0, 0.05) is 11.9 Å². The van der Waals surface area contributed by atoms with Crippen LogP contribution in [-0.2, 0) is 9.84 Å². The zero-order valence-electron chi connectivity index (χ0n) is 12.2. The molecule has 2 aromatic carbocycles. The molecule has 0 N–H and O–H groups in total. The van der Waals surface area contributed by atoms with Crippen LogP contribution >= 0.6 is 22.6 Å². The van der Waals surface area contributed by atoms with E-state index in [0.29, 0.717) is 0 Å². The number of hydrogen-bond acceptors (Lipinski definition) is 2. The average molecular weight is 441 g/mol. The number of rotatable bonds is 3. The molecule has 118 valence electrons. The molecule has 0 saturated heterocycles. The topological polar surface area (TPSA) is 39.1 Å². The fraction of sp³-hybridized carbons (Fsp3) is 0.0588. The third-order valence-corrected chi connectivity index (χ3v) is 5.47. The largest absolute Gasteiger partial charge is 0.305 e. The van der Waals surface area contributed by atoms with Gasteiger partial charge in [-0.05, 0) is 76.7 Å². The maximum atomic E-state index is 13.1. The number of aromatic nitrogens is 1. The van der Waals surface area contributed by atoms with Gasteiger partial charge in [-0.15, -0.1) is 0 Å². The minimum Gasteiger partial charge on any atom is -0.305 e. The molecule has 0 fully saturated rings. The average Bonchev–Trinajstić information content (AvgIpc) is 2.89. The Balaban J connectivity index is 2.10. The first-order valence-corrected chi connectivity index (χ1v) is 9.77. The fourth-order valence-electron chi connectivity index (χ4n) is 2.36. The molecule has 0 radical (unpaired) electrons. The van der Waals surface area contributed by atoms with E-state index < -0.39 is 9.84 Å². The monoisotopic (exact) mass is 441 g/mol. The number of hydrogen-bond donors (Lipinski definition) is 0. The highest BCUT2D eigenvalue weighted by Crippen LogP contribution is 2.28. The van der Waals surface area contributed by atoms with Crippen molar-refractivity contribution in [3.63, 3.8) is 0 Å². The predicted molar refractivity (Wildman–Crippen MR) is 97.0 cm³/mol. The van der Waals surface area contributed by atoms with Crippen molar-refractivity contribution in [3.05, 3.63) is 70.2 Å². The Hall–Kier alpha value is -1.67. The SMILES string of the molecule is CS(=O)(=O)c1ccc(-c2ccc(I)n2-c2ccc(F)cc2)cc1. The van der Waals surface area contributed by atoms with E-state index in [2.05, 4.69) is 22.6 Å². The van der Waals surface area contributed by atoms with Gasteiger partial charge in [0.05, 0.1) is 14.3 Å². The summed E-state index contributed by atoms with van der Waals surface area (Å²) in [4.78, 5) is 0.288. The summed E-state index contributed by atoms with van der Waals surface area (Å²) in [6, 6.07) is 16.9. The molecule has 0 aliphatic heterocycles. The molecule has 3 aromatic rings. The standard InChI is InChI=1S/C17H13FINO2S/c1-23(21,22)15-8-2-12(3-9-15)16-10-11-17(19)20(16)14-6-4-13(18)5-7-14/h2-11H,1H3. The lowest BCUT2D eigenvalue weighted by molar-refractivity contribution is 0.602. The van der Waals surface area contributed by atoms with Crippen molar-refractivity contribution < 1.29 is 12.8 Å². The van der Waals surface area contributed by atoms with Crippen molar-refractivity contribution >= 4 is 32.4 Å². The van der Waals surface area contributed by atoms with Crippen LogP contribution in [0.1, 0.15) is 0 Å². The van der Waals surface area contributed by atoms with Gasteiger partial charge in [-0.1, -0.05) is 12.1 Å². The molecule has 3 nitrogen and oxygen atoms in total. The number of sulfone groups is 1. The molecule has 0 bridgehead atoms. The van der Waals surface area contributed by atoms with Crippen molar-refractivity contribution in [3.8, 4) is 16.9 Å². The highest BCUT2D eigenvalue weighted by molar-refractivity contribution is 14.1. The molecule has 1 heterocycles. The quantitative estimate of drug-likeness (QED) is 0.569. The van der Waals surface area contributed by atoms with Crippen LogP contribution in [0.5, 0.6) is 0 Å². The van der Waals surface area contributed by atoms with E-state index in [-0.39, 0.29) is 10.7 Å². The van der Waals surface area contributed by atoms with E-state index in [0.717, 1.165) is 20.6 Å². The summed E-state index contributed by atoms with van der Waals surface area (Å²) in [6.07, 6.45) is 1.19. The molecule has 0 saturated carbocycles. The third kappa shape index (κ3) is 3.32. The Bertz CT molecular complexity index is 945. The van der Waals surface area contributed by atoms with Gasteiger partial charge < -0.3 is 4.57 Å². The first kappa shape index (κ1) is 16.2. The number of nitrogens with zero attached hydrogens (tertiary/aromatic N) is 1. The van der Waals surface area contributed by atoms with Crippen LogP contribution in [0.25, 0.3) is 16.9 Å². The minimum absolute atomic E-state index is 0.282. The van der Waals surface area contributed by atoms with Crippen molar-refractivity contribution in [2.24, 2.45) is 0 Å². The van der Waals surface area contributed by atoms with Crippen LogP contribution in [0.3, 0.4) is 0 Å². The van der Waals surface area contributed by atoms with E-state index >= 15 is 0 Å². The van der Waals surface area contributed by atoms with Gasteiger partial charge in [0.15, 0.2) is 9.84 Å². The van der Waals surface area contributed by atoms with E-state index in [9.17, 15) is 12.8 Å². The van der Waals surface area contributed by atoms with Crippen molar-refractivity contribution in [2.45, 2.75) is 4.90 Å². The second kappa shape index (κ2) is 6.09. The molecule has 0 aliphatic carbocycles. The van der Waals surface area contributed by atoms with Gasteiger partial charge in [0.2, 0.25) is 0 Å². The Morgan fingerprint density at radius 1 is 0.913 bits per heavy atom.